The SMILES string of the molecule is c1ccc(-c2c3ccccc3c(-c3ccc4oc5c(-c6cccc7c6oc6ccc(-c8c9ccccc9c(-c9ccc%10oc%11c%12ccccc%12ccc%11c%10c9)c9ccccc89)cc67)cc6ccccc6c5c4c3)c3ccccc23)cc1. The molecule has 3 heterocycles. The molecule has 0 radical (unpaired) electrons. The van der Waals surface area contributed by atoms with Crippen molar-refractivity contribution < 1.29 is 13.3 Å². The fraction of sp³-hybridized carbons (Fsp3) is 0. The smallest absolute Gasteiger partial charge is 0.144 e. The van der Waals surface area contributed by atoms with Crippen LogP contribution in [0.4, 0.5) is 0 Å². The maximum Gasteiger partial charge on any atom is 0.144 e. The maximum atomic E-state index is 7.12. The fourth-order valence-electron chi connectivity index (χ4n) is 13.9. The Balaban J connectivity index is 0.810. The van der Waals surface area contributed by atoms with Crippen LogP contribution >= 0.6 is 0 Å². The summed E-state index contributed by atoms with van der Waals surface area (Å²) in [4.78, 5) is 0. The predicted molar refractivity (Wildman–Crippen MR) is 340 cm³/mol. The monoisotopic (exact) mass is 1030 g/mol. The van der Waals surface area contributed by atoms with Crippen molar-refractivity contribution in [1.29, 1.82) is 0 Å². The number of rotatable bonds is 5. The summed E-state index contributed by atoms with van der Waals surface area (Å²) in [6.45, 7) is 0. The number of hydrogen-bond donors (Lipinski definition) is 0. The van der Waals surface area contributed by atoms with Crippen LogP contribution in [0.3, 0.4) is 0 Å². The van der Waals surface area contributed by atoms with E-state index in [4.69, 9.17) is 13.3 Å². The quantitative estimate of drug-likeness (QED) is 0.161. The summed E-state index contributed by atoms with van der Waals surface area (Å²) < 4.78 is 20.8. The second kappa shape index (κ2) is 16.9. The highest BCUT2D eigenvalue weighted by molar-refractivity contribution is 6.28. The van der Waals surface area contributed by atoms with E-state index in [1.165, 1.54) is 76.3 Å². The molecule has 18 aromatic rings. The molecule has 18 rings (SSSR count). The standard InChI is InChI=1S/C78H44O3/c1-2-18-46(19-3-1)71-53-23-8-10-25-55(53)74(56-26-11-9-24-54(56)71)50-36-40-70-67(44-50)75-51-21-6-5-20-47(51)41-66(78(75)81-70)62-32-16-31-61-64-42-48(34-38-68(64)80-77(61)62)72-57-27-12-14-29-59(57)73(60-30-15-13-28-58(60)72)49-35-39-69-65(43-49)63-37-33-45-17-4-7-22-52(45)76(63)79-69/h1-44H. The Morgan fingerprint density at radius 3 is 1.12 bits per heavy atom. The lowest BCUT2D eigenvalue weighted by atomic mass is 9.85. The van der Waals surface area contributed by atoms with E-state index in [-0.39, 0.29) is 0 Å². The first-order chi connectivity index (χ1) is 40.2. The normalized spacial score (nSPS) is 12.2. The van der Waals surface area contributed by atoms with Crippen molar-refractivity contribution in [3.63, 3.8) is 0 Å². The molecule has 0 aliphatic rings. The largest absolute Gasteiger partial charge is 0.455 e. The Morgan fingerprint density at radius 1 is 0.185 bits per heavy atom. The van der Waals surface area contributed by atoms with Crippen LogP contribution in [0, 0.1) is 0 Å². The highest BCUT2D eigenvalue weighted by Gasteiger charge is 2.24. The van der Waals surface area contributed by atoms with Gasteiger partial charge in [0.2, 0.25) is 0 Å². The molecule has 0 fully saturated rings. The molecule has 0 saturated heterocycles. The number of hydrogen-bond acceptors (Lipinski definition) is 3. The molecule has 374 valence electrons. The Bertz CT molecular complexity index is 5600. The number of para-hydroxylation sites is 1. The molecule has 81 heavy (non-hydrogen) atoms. The maximum absolute atomic E-state index is 7.12. The number of fused-ring (bicyclic) bond motifs is 17. The first-order valence-corrected chi connectivity index (χ1v) is 27.8. The van der Waals surface area contributed by atoms with E-state index in [0.717, 1.165) is 110 Å². The Kier molecular flexibility index (Phi) is 9.23. The van der Waals surface area contributed by atoms with Gasteiger partial charge in [-0.1, -0.05) is 218 Å². The summed E-state index contributed by atoms with van der Waals surface area (Å²) in [5, 5.41) is 20.8. The molecule has 3 aromatic heterocycles. The van der Waals surface area contributed by atoms with Gasteiger partial charge in [0, 0.05) is 48.8 Å². The minimum Gasteiger partial charge on any atom is -0.455 e. The summed E-state index contributed by atoms with van der Waals surface area (Å²) in [7, 11) is 0. The molecule has 0 spiro atoms. The Hall–Kier alpha value is -10.7. The third-order valence-corrected chi connectivity index (χ3v) is 17.4. The van der Waals surface area contributed by atoms with Crippen LogP contribution in [-0.2, 0) is 0 Å². The topological polar surface area (TPSA) is 39.4 Å². The van der Waals surface area contributed by atoms with Crippen molar-refractivity contribution in [2.45, 2.75) is 0 Å². The Labute approximate surface area is 463 Å². The van der Waals surface area contributed by atoms with Gasteiger partial charge in [-0.3, -0.25) is 0 Å². The third kappa shape index (κ3) is 6.40. The van der Waals surface area contributed by atoms with Gasteiger partial charge in [0.15, 0.2) is 0 Å². The molecule has 0 aliphatic carbocycles. The number of benzene rings is 15. The zero-order chi connectivity index (χ0) is 52.9. The van der Waals surface area contributed by atoms with Gasteiger partial charge in [-0.25, -0.2) is 0 Å². The average Bonchev–Trinajstić information content (AvgIpc) is 4.30. The fourth-order valence-corrected chi connectivity index (χ4v) is 13.9. The van der Waals surface area contributed by atoms with Gasteiger partial charge >= 0.3 is 0 Å². The van der Waals surface area contributed by atoms with Gasteiger partial charge in [-0.2, -0.15) is 0 Å². The highest BCUT2D eigenvalue weighted by Crippen LogP contribution is 2.50. The molecule has 0 aliphatic heterocycles. The molecule has 0 saturated carbocycles. The van der Waals surface area contributed by atoms with Crippen molar-refractivity contribution in [2.24, 2.45) is 0 Å². The van der Waals surface area contributed by atoms with Crippen LogP contribution in [0.1, 0.15) is 0 Å². The molecule has 3 heteroatoms. The zero-order valence-electron chi connectivity index (χ0n) is 43.6. The van der Waals surface area contributed by atoms with Gasteiger partial charge in [0.25, 0.3) is 0 Å². The summed E-state index contributed by atoms with van der Waals surface area (Å²) in [5.41, 5.74) is 16.7. The van der Waals surface area contributed by atoms with Gasteiger partial charge in [0.05, 0.1) is 0 Å². The molecule has 0 bridgehead atoms. The lowest BCUT2D eigenvalue weighted by molar-refractivity contribution is 0.665. The molecule has 3 nitrogen and oxygen atoms in total. The van der Waals surface area contributed by atoms with Crippen LogP contribution in [0.25, 0.3) is 186 Å². The lowest BCUT2D eigenvalue weighted by Gasteiger charge is -2.18. The van der Waals surface area contributed by atoms with Gasteiger partial charge in [0.1, 0.15) is 33.5 Å². The third-order valence-electron chi connectivity index (χ3n) is 17.4. The van der Waals surface area contributed by atoms with E-state index >= 15 is 0 Å². The number of furan rings is 3. The van der Waals surface area contributed by atoms with Gasteiger partial charge in [-0.15, -0.1) is 0 Å². The summed E-state index contributed by atoms with van der Waals surface area (Å²) >= 11 is 0. The summed E-state index contributed by atoms with van der Waals surface area (Å²) in [6, 6.07) is 96.9. The van der Waals surface area contributed by atoms with E-state index in [9.17, 15) is 0 Å². The summed E-state index contributed by atoms with van der Waals surface area (Å²) in [5.74, 6) is 0. The second-order valence-electron chi connectivity index (χ2n) is 21.7. The van der Waals surface area contributed by atoms with Crippen LogP contribution < -0.4 is 0 Å². The van der Waals surface area contributed by atoms with Crippen LogP contribution in [0.15, 0.2) is 280 Å². The molecular weight excluding hydrogens is 985 g/mol. The van der Waals surface area contributed by atoms with Crippen molar-refractivity contribution in [1.82, 2.24) is 0 Å². The van der Waals surface area contributed by atoms with Crippen molar-refractivity contribution >= 4 is 130 Å². The molecular formula is C78H44O3. The molecule has 0 atom stereocenters. The highest BCUT2D eigenvalue weighted by atomic mass is 16.3. The predicted octanol–water partition coefficient (Wildman–Crippen LogP) is 22.6. The van der Waals surface area contributed by atoms with E-state index in [1.807, 2.05) is 0 Å². The van der Waals surface area contributed by atoms with Crippen LogP contribution in [0.2, 0.25) is 0 Å². The minimum absolute atomic E-state index is 0.832. The van der Waals surface area contributed by atoms with E-state index in [2.05, 4.69) is 267 Å². The zero-order valence-corrected chi connectivity index (χ0v) is 43.6. The molecule has 0 amide bonds. The van der Waals surface area contributed by atoms with E-state index < -0.39 is 0 Å². The minimum atomic E-state index is 0.832. The lowest BCUT2D eigenvalue weighted by Crippen LogP contribution is -1.90. The second-order valence-corrected chi connectivity index (χ2v) is 21.7. The van der Waals surface area contributed by atoms with Crippen molar-refractivity contribution in [3.8, 4) is 55.6 Å². The van der Waals surface area contributed by atoms with Crippen LogP contribution in [0.5, 0.6) is 0 Å². The van der Waals surface area contributed by atoms with Crippen molar-refractivity contribution in [3.05, 3.63) is 267 Å². The van der Waals surface area contributed by atoms with E-state index in [0.29, 0.717) is 0 Å². The Morgan fingerprint density at radius 2 is 0.580 bits per heavy atom. The van der Waals surface area contributed by atoms with E-state index in [1.54, 1.807) is 0 Å². The average molecular weight is 1030 g/mol. The van der Waals surface area contributed by atoms with Gasteiger partial charge in [-0.05, 0) is 152 Å². The first kappa shape index (κ1) is 44.3. The van der Waals surface area contributed by atoms with Gasteiger partial charge < -0.3 is 13.3 Å². The summed E-state index contributed by atoms with van der Waals surface area (Å²) in [6.07, 6.45) is 0. The molecule has 15 aromatic carbocycles. The molecule has 0 unspecified atom stereocenters. The molecule has 0 N–H and O–H groups in total. The van der Waals surface area contributed by atoms with Crippen molar-refractivity contribution in [2.75, 3.05) is 0 Å². The van der Waals surface area contributed by atoms with Crippen LogP contribution in [-0.4, -0.2) is 0 Å². The first-order valence-electron chi connectivity index (χ1n) is 27.8.